The lowest BCUT2D eigenvalue weighted by molar-refractivity contribution is 0.0377. The maximum absolute atomic E-state index is 10.4. The molecule has 2 N–H and O–H groups in total. The highest BCUT2D eigenvalue weighted by Crippen LogP contribution is 2.57. The molecule has 2 atom stereocenters. The van der Waals surface area contributed by atoms with Crippen LogP contribution in [0.4, 0.5) is 0 Å². The minimum Gasteiger partial charge on any atom is -0.363 e. The Kier molecular flexibility index (Phi) is 6.77. The Morgan fingerprint density at radius 1 is 1.50 bits per heavy atom. The molecule has 1 heterocycles. The molecule has 5 nitrogen and oxygen atoms in total. The Morgan fingerprint density at radius 2 is 2.12 bits per heavy atom. The molecule has 8 heteroatoms. The molecule has 1 fully saturated rings. The first kappa shape index (κ1) is 14.9. The van der Waals surface area contributed by atoms with Crippen molar-refractivity contribution < 1.29 is 14.2 Å². The smallest absolute Gasteiger partial charge is 0.363 e. The molecule has 0 saturated carbocycles. The lowest BCUT2D eigenvalue weighted by Gasteiger charge is -2.33. The molecule has 2 unspecified atom stereocenters. The Hall–Kier alpha value is 0.810. The molecule has 0 aromatic heterocycles. The average molecular weight is 292 g/mol. The zero-order valence-corrected chi connectivity index (χ0v) is 11.6. The molecule has 96 valence electrons. The SMILES string of the molecule is COC1CCO[P+](O)(N(CCCl)CCCl)N1. The predicted molar refractivity (Wildman–Crippen MR) is 66.7 cm³/mol. The zero-order valence-electron chi connectivity index (χ0n) is 9.23. The molecule has 0 aromatic rings. The van der Waals surface area contributed by atoms with Crippen molar-refractivity contribution in [3.63, 3.8) is 0 Å². The number of rotatable bonds is 6. The van der Waals surface area contributed by atoms with Crippen LogP contribution in [0.15, 0.2) is 0 Å². The molecule has 0 amide bonds. The fourth-order valence-corrected chi connectivity index (χ4v) is 4.25. The summed E-state index contributed by atoms with van der Waals surface area (Å²) in [6.07, 6.45) is 0.536. The summed E-state index contributed by atoms with van der Waals surface area (Å²) in [6, 6.07) is 0. The number of methoxy groups -OCH3 is 1. The zero-order chi connectivity index (χ0) is 12.0. The third-order valence-corrected chi connectivity index (χ3v) is 4.99. The van der Waals surface area contributed by atoms with Gasteiger partial charge in [0.15, 0.2) is 0 Å². The van der Waals surface area contributed by atoms with Gasteiger partial charge in [0.25, 0.3) is 0 Å². The quantitative estimate of drug-likeness (QED) is 0.573. The summed E-state index contributed by atoms with van der Waals surface area (Å²) < 4.78 is 12.4. The largest absolute Gasteiger partial charge is 0.433 e. The lowest BCUT2D eigenvalue weighted by Crippen LogP contribution is -2.45. The van der Waals surface area contributed by atoms with E-state index in [1.165, 1.54) is 0 Å². The number of nitrogens with one attached hydrogen (secondary N) is 1. The van der Waals surface area contributed by atoms with Crippen LogP contribution in [0.25, 0.3) is 0 Å². The summed E-state index contributed by atoms with van der Waals surface area (Å²) >= 11 is 11.4. The number of alkyl halides is 2. The summed E-state index contributed by atoms with van der Waals surface area (Å²) in [6.45, 7) is 1.53. The summed E-state index contributed by atoms with van der Waals surface area (Å²) in [4.78, 5) is 10.4. The van der Waals surface area contributed by atoms with Crippen LogP contribution in [0.5, 0.6) is 0 Å². The van der Waals surface area contributed by atoms with Crippen molar-refractivity contribution in [1.29, 1.82) is 0 Å². The molecule has 1 rings (SSSR count). The summed E-state index contributed by atoms with van der Waals surface area (Å²) in [7, 11) is -1.19. The summed E-state index contributed by atoms with van der Waals surface area (Å²) in [5, 5.41) is 2.98. The lowest BCUT2D eigenvalue weighted by atomic mass is 10.4. The molecule has 0 spiro atoms. The second-order valence-electron chi connectivity index (χ2n) is 3.35. The van der Waals surface area contributed by atoms with E-state index < -0.39 is 8.02 Å². The molecule has 16 heavy (non-hydrogen) atoms. The van der Waals surface area contributed by atoms with E-state index in [2.05, 4.69) is 5.09 Å². The van der Waals surface area contributed by atoms with E-state index in [0.717, 1.165) is 0 Å². The van der Waals surface area contributed by atoms with Gasteiger partial charge in [-0.25, -0.2) is 0 Å². The molecule has 0 aromatic carbocycles. The number of hydrogen-bond donors (Lipinski definition) is 2. The van der Waals surface area contributed by atoms with E-state index in [4.69, 9.17) is 32.5 Å². The topological polar surface area (TPSA) is 54.0 Å². The molecule has 0 radical (unpaired) electrons. The highest BCUT2D eigenvalue weighted by Gasteiger charge is 2.51. The van der Waals surface area contributed by atoms with Crippen molar-refractivity contribution in [2.75, 3.05) is 38.6 Å². The fourth-order valence-electron chi connectivity index (χ4n) is 1.49. The summed E-state index contributed by atoms with van der Waals surface area (Å²) in [5.74, 6) is 0.837. The van der Waals surface area contributed by atoms with Crippen molar-refractivity contribution in [1.82, 2.24) is 9.76 Å². The second kappa shape index (κ2) is 7.29. The standard InChI is InChI=1S/C8H18Cl2N2O3P/c1-14-8-2-7-15-16(13,11-8)12(5-3-9)6-4-10/h8,11,13H,2-7H2,1H3/q+1. The van der Waals surface area contributed by atoms with Gasteiger partial charge in [0.1, 0.15) is 12.8 Å². The normalized spacial score (nSPS) is 30.9. The van der Waals surface area contributed by atoms with E-state index >= 15 is 0 Å². The van der Waals surface area contributed by atoms with Crippen LogP contribution in [0.3, 0.4) is 0 Å². The van der Waals surface area contributed by atoms with Crippen molar-refractivity contribution in [2.24, 2.45) is 0 Å². The Balaban J connectivity index is 2.63. The second-order valence-corrected chi connectivity index (χ2v) is 6.28. The number of halogens is 2. The number of nitrogens with zero attached hydrogens (tertiary/aromatic N) is 1. The molecular formula is C8H18Cl2N2O3P+. The highest BCUT2D eigenvalue weighted by atomic mass is 35.5. The van der Waals surface area contributed by atoms with Crippen molar-refractivity contribution in [3.05, 3.63) is 0 Å². The van der Waals surface area contributed by atoms with Gasteiger partial charge < -0.3 is 4.74 Å². The highest BCUT2D eigenvalue weighted by molar-refractivity contribution is 7.61. The van der Waals surface area contributed by atoms with Gasteiger partial charge in [-0.05, 0) is 0 Å². The van der Waals surface area contributed by atoms with Gasteiger partial charge in [-0.15, -0.1) is 27.9 Å². The fraction of sp³-hybridized carbons (Fsp3) is 1.00. The van der Waals surface area contributed by atoms with Crippen LogP contribution >= 0.6 is 31.2 Å². The summed E-state index contributed by atoms with van der Waals surface area (Å²) in [5.41, 5.74) is 0. The molecule has 1 aliphatic heterocycles. The van der Waals surface area contributed by atoms with Crippen molar-refractivity contribution in [2.45, 2.75) is 12.6 Å². The first-order valence-electron chi connectivity index (χ1n) is 5.10. The number of ether oxygens (including phenoxy) is 1. The monoisotopic (exact) mass is 291 g/mol. The Morgan fingerprint density at radius 3 is 2.62 bits per heavy atom. The van der Waals surface area contributed by atoms with Gasteiger partial charge in [0, 0.05) is 25.3 Å². The number of hydrogen-bond acceptors (Lipinski definition) is 5. The molecular weight excluding hydrogens is 274 g/mol. The van der Waals surface area contributed by atoms with E-state index in [-0.39, 0.29) is 6.23 Å². The van der Waals surface area contributed by atoms with Crippen LogP contribution in [0, 0.1) is 0 Å². The van der Waals surface area contributed by atoms with Gasteiger partial charge in [0.2, 0.25) is 0 Å². The van der Waals surface area contributed by atoms with Gasteiger partial charge in [0.05, 0.1) is 13.1 Å². The third kappa shape index (κ3) is 3.93. The van der Waals surface area contributed by atoms with Crippen LogP contribution in [0.2, 0.25) is 0 Å². The minimum absolute atomic E-state index is 0.180. The third-order valence-electron chi connectivity index (χ3n) is 2.32. The van der Waals surface area contributed by atoms with Gasteiger partial charge >= 0.3 is 8.02 Å². The first-order valence-corrected chi connectivity index (χ1v) is 7.78. The van der Waals surface area contributed by atoms with Crippen LogP contribution in [0.1, 0.15) is 6.42 Å². The van der Waals surface area contributed by atoms with Crippen LogP contribution in [-0.2, 0) is 9.26 Å². The molecule has 0 aliphatic carbocycles. The van der Waals surface area contributed by atoms with Crippen molar-refractivity contribution >= 4 is 31.2 Å². The van der Waals surface area contributed by atoms with Crippen LogP contribution in [-0.4, -0.2) is 54.4 Å². The molecule has 1 saturated heterocycles. The van der Waals surface area contributed by atoms with E-state index in [1.807, 2.05) is 0 Å². The Bertz CT molecular complexity index is 210. The van der Waals surface area contributed by atoms with Gasteiger partial charge in [-0.3, -0.25) is 0 Å². The van der Waals surface area contributed by atoms with E-state index in [9.17, 15) is 4.89 Å². The van der Waals surface area contributed by atoms with E-state index in [0.29, 0.717) is 37.9 Å². The van der Waals surface area contributed by atoms with Crippen LogP contribution < -0.4 is 5.09 Å². The maximum Gasteiger partial charge on any atom is 0.433 e. The molecule has 0 bridgehead atoms. The average Bonchev–Trinajstić information content (AvgIpc) is 2.29. The Labute approximate surface area is 107 Å². The molecule has 1 aliphatic rings. The predicted octanol–water partition coefficient (Wildman–Crippen LogP) is 1.42. The first-order chi connectivity index (χ1) is 7.66. The van der Waals surface area contributed by atoms with Gasteiger partial charge in [-0.2, -0.15) is 9.42 Å². The maximum atomic E-state index is 10.4. The minimum atomic E-state index is -2.79. The van der Waals surface area contributed by atoms with E-state index in [1.54, 1.807) is 11.8 Å². The van der Waals surface area contributed by atoms with Gasteiger partial charge in [-0.1, -0.05) is 5.09 Å². The van der Waals surface area contributed by atoms with Crippen molar-refractivity contribution in [3.8, 4) is 0 Å².